The summed E-state index contributed by atoms with van der Waals surface area (Å²) in [4.78, 5) is 41.0. The third-order valence-corrected chi connectivity index (χ3v) is 8.62. The van der Waals surface area contributed by atoms with Gasteiger partial charge in [0.15, 0.2) is 17.2 Å². The normalized spacial score (nSPS) is 21.8. The van der Waals surface area contributed by atoms with Gasteiger partial charge in [0, 0.05) is 45.0 Å². The van der Waals surface area contributed by atoms with Crippen LogP contribution in [-0.2, 0) is 9.59 Å². The molecule has 0 radical (unpaired) electrons. The highest BCUT2D eigenvalue weighted by Crippen LogP contribution is 2.39. The number of fused-ring (bicyclic) bond motifs is 4. The number of aliphatic hydroxyl groups is 1. The third kappa shape index (κ3) is 5.45. The summed E-state index contributed by atoms with van der Waals surface area (Å²) in [5.74, 6) is -0.286. The molecule has 1 N–H and O–H groups in total. The van der Waals surface area contributed by atoms with Crippen molar-refractivity contribution in [1.29, 1.82) is 0 Å². The second kappa shape index (κ2) is 12.4. The first kappa shape index (κ1) is 30.4. The molecule has 2 aliphatic rings. The molecule has 2 aliphatic heterocycles. The number of benzene rings is 2. The second-order valence-corrected chi connectivity index (χ2v) is 11.4. The van der Waals surface area contributed by atoms with Crippen LogP contribution in [0.5, 0.6) is 6.01 Å². The molecule has 1 amide bonds. The van der Waals surface area contributed by atoms with Crippen LogP contribution in [0.15, 0.2) is 52.9 Å². The fraction of sp³-hybridized carbons (Fsp3) is 0.406. The third-order valence-electron chi connectivity index (χ3n) is 8.62. The van der Waals surface area contributed by atoms with Crippen LogP contribution in [0.2, 0.25) is 0 Å². The summed E-state index contributed by atoms with van der Waals surface area (Å²) in [6, 6.07) is 14.6. The van der Waals surface area contributed by atoms with Crippen molar-refractivity contribution in [3.05, 3.63) is 54.4 Å². The molecule has 4 atom stereocenters. The van der Waals surface area contributed by atoms with Crippen molar-refractivity contribution < 1.29 is 32.6 Å². The Balaban J connectivity index is 0.00000175. The van der Waals surface area contributed by atoms with E-state index >= 15 is 0 Å². The molecule has 1 unspecified atom stereocenters. The van der Waals surface area contributed by atoms with Crippen LogP contribution in [0.4, 0.5) is 14.6 Å². The number of aromatic nitrogens is 4. The molecule has 7 rings (SSSR count). The minimum atomic E-state index is -2.91. The Morgan fingerprint density at radius 1 is 1.09 bits per heavy atom. The molecular formula is C32H34F2N6O5. The zero-order valence-electron chi connectivity index (χ0n) is 25.1. The first-order valence-corrected chi connectivity index (χ1v) is 14.9. The zero-order chi connectivity index (χ0) is 31.8. The summed E-state index contributed by atoms with van der Waals surface area (Å²) < 4.78 is 42.6. The van der Waals surface area contributed by atoms with Crippen molar-refractivity contribution in [3.8, 4) is 6.01 Å². The highest BCUT2D eigenvalue weighted by atomic mass is 19.3. The van der Waals surface area contributed by atoms with E-state index in [1.165, 1.54) is 0 Å². The van der Waals surface area contributed by atoms with Gasteiger partial charge in [-0.15, -0.1) is 0 Å². The first-order valence-electron chi connectivity index (χ1n) is 14.9. The van der Waals surface area contributed by atoms with Gasteiger partial charge in [-0.3, -0.25) is 9.36 Å². The van der Waals surface area contributed by atoms with E-state index in [9.17, 15) is 18.4 Å². The van der Waals surface area contributed by atoms with Gasteiger partial charge in [-0.2, -0.15) is 4.98 Å². The number of rotatable bonds is 6. The van der Waals surface area contributed by atoms with Gasteiger partial charge in [0.2, 0.25) is 5.91 Å². The monoisotopic (exact) mass is 620 g/mol. The number of alkyl halides is 2. The smallest absolute Gasteiger partial charge is 0.297 e. The van der Waals surface area contributed by atoms with Gasteiger partial charge in [-0.1, -0.05) is 31.2 Å². The number of aliphatic hydroxyl groups excluding tert-OH is 1. The van der Waals surface area contributed by atoms with Crippen LogP contribution in [0.25, 0.3) is 33.1 Å². The number of ether oxygens (including phenoxy) is 1. The van der Waals surface area contributed by atoms with E-state index in [1.807, 2.05) is 29.2 Å². The maximum Gasteiger partial charge on any atom is 0.297 e. The Bertz CT molecular complexity index is 1860. The van der Waals surface area contributed by atoms with E-state index in [4.69, 9.17) is 19.2 Å². The maximum absolute atomic E-state index is 13.9. The summed E-state index contributed by atoms with van der Waals surface area (Å²) in [6.07, 6.45) is -1.56. The molecule has 5 heterocycles. The summed E-state index contributed by atoms with van der Waals surface area (Å²) in [7, 11) is 1.00. The molecule has 45 heavy (non-hydrogen) atoms. The number of anilines is 1. The lowest BCUT2D eigenvalue weighted by atomic mass is 9.93. The SMILES string of the molecule is CC(=O)N1CC[C@@H](n2c(O[C@H]3C[C@@H](C=O)N(c4nc(C(F)F)nc5c4oc4ccccc45)C3)nc3ccccc32)C(C)C1.CO. The van der Waals surface area contributed by atoms with Crippen LogP contribution in [0.3, 0.4) is 0 Å². The number of halogens is 2. The second-order valence-electron chi connectivity index (χ2n) is 11.4. The number of amides is 1. The molecule has 2 saturated heterocycles. The van der Waals surface area contributed by atoms with E-state index in [-0.39, 0.29) is 41.3 Å². The van der Waals surface area contributed by atoms with Crippen LogP contribution < -0.4 is 9.64 Å². The Kier molecular flexibility index (Phi) is 8.36. The Morgan fingerprint density at radius 3 is 2.58 bits per heavy atom. The predicted molar refractivity (Wildman–Crippen MR) is 163 cm³/mol. The van der Waals surface area contributed by atoms with Crippen molar-refractivity contribution in [1.82, 2.24) is 24.4 Å². The van der Waals surface area contributed by atoms with E-state index in [2.05, 4.69) is 21.5 Å². The number of piperidine rings is 1. The fourth-order valence-electron chi connectivity index (χ4n) is 6.55. The van der Waals surface area contributed by atoms with Crippen molar-refractivity contribution >= 4 is 51.1 Å². The van der Waals surface area contributed by atoms with Gasteiger partial charge in [0.1, 0.15) is 23.5 Å². The lowest BCUT2D eigenvalue weighted by molar-refractivity contribution is -0.131. The molecular weight excluding hydrogens is 586 g/mol. The van der Waals surface area contributed by atoms with Gasteiger partial charge >= 0.3 is 0 Å². The largest absolute Gasteiger partial charge is 0.459 e. The minimum Gasteiger partial charge on any atom is -0.459 e. The summed E-state index contributed by atoms with van der Waals surface area (Å²) in [5, 5.41) is 7.59. The fourth-order valence-corrected chi connectivity index (χ4v) is 6.55. The quantitative estimate of drug-likeness (QED) is 0.263. The Labute approximate surface area is 257 Å². The van der Waals surface area contributed by atoms with E-state index in [0.29, 0.717) is 36.5 Å². The average molecular weight is 621 g/mol. The molecule has 13 heteroatoms. The number of para-hydroxylation sites is 3. The van der Waals surface area contributed by atoms with E-state index in [1.54, 1.807) is 36.1 Å². The van der Waals surface area contributed by atoms with Crippen molar-refractivity contribution in [3.63, 3.8) is 0 Å². The van der Waals surface area contributed by atoms with Gasteiger partial charge in [-0.25, -0.2) is 18.7 Å². The molecule has 2 fully saturated rings. The molecule has 5 aromatic rings. The van der Waals surface area contributed by atoms with Gasteiger partial charge in [-0.05, 0) is 36.6 Å². The summed E-state index contributed by atoms with van der Waals surface area (Å²) in [5.41, 5.74) is 2.72. The van der Waals surface area contributed by atoms with Crippen molar-refractivity contribution in [2.75, 3.05) is 31.6 Å². The van der Waals surface area contributed by atoms with Crippen LogP contribution >= 0.6 is 0 Å². The number of furan rings is 1. The van der Waals surface area contributed by atoms with Gasteiger partial charge < -0.3 is 28.9 Å². The zero-order valence-corrected chi connectivity index (χ0v) is 25.1. The number of carbonyl (C=O) groups excluding carboxylic acids is 2. The Morgan fingerprint density at radius 2 is 1.84 bits per heavy atom. The molecule has 236 valence electrons. The number of carbonyl (C=O) groups is 2. The van der Waals surface area contributed by atoms with E-state index in [0.717, 1.165) is 30.9 Å². The standard InChI is InChI=1S/C31H30F2N6O4.CH4O/c1-17-14-37(18(2)41)12-11-23(17)39-24-9-5-4-8-22(24)34-31(39)42-20-13-19(16-40)38(15-20)30-27-26(35-29(36-30)28(32)33)21-7-3-6-10-25(21)43-27;1-2/h3-10,16-17,19-20,23,28H,11-15H2,1-2H3;2H,1H3/t17?,19-,20-,23+;/m0./s1. The van der Waals surface area contributed by atoms with Crippen LogP contribution in [-0.4, -0.2) is 80.6 Å². The number of hydrogen-bond acceptors (Lipinski definition) is 9. The minimum absolute atomic E-state index is 0.0445. The highest BCUT2D eigenvalue weighted by molar-refractivity contribution is 6.06. The molecule has 3 aromatic heterocycles. The average Bonchev–Trinajstić information content (AvgIpc) is 3.74. The number of hydrogen-bond donors (Lipinski definition) is 1. The van der Waals surface area contributed by atoms with E-state index < -0.39 is 24.4 Å². The molecule has 0 aliphatic carbocycles. The Hall–Kier alpha value is -4.65. The summed E-state index contributed by atoms with van der Waals surface area (Å²) >= 11 is 0. The molecule has 11 nitrogen and oxygen atoms in total. The lowest BCUT2D eigenvalue weighted by Gasteiger charge is -2.37. The highest BCUT2D eigenvalue weighted by Gasteiger charge is 2.39. The van der Waals surface area contributed by atoms with Crippen molar-refractivity contribution in [2.24, 2.45) is 5.92 Å². The van der Waals surface area contributed by atoms with Crippen molar-refractivity contribution in [2.45, 2.75) is 51.3 Å². The molecule has 0 saturated carbocycles. The topological polar surface area (TPSA) is 127 Å². The van der Waals surface area contributed by atoms with Crippen LogP contribution in [0, 0.1) is 5.92 Å². The molecule has 0 spiro atoms. The number of imidazole rings is 1. The van der Waals surface area contributed by atoms with Gasteiger partial charge in [0.25, 0.3) is 12.4 Å². The lowest BCUT2D eigenvalue weighted by Crippen LogP contribution is -2.42. The maximum atomic E-state index is 13.9. The predicted octanol–water partition coefficient (Wildman–Crippen LogP) is 4.93. The number of nitrogens with zero attached hydrogens (tertiary/aromatic N) is 6. The first-order chi connectivity index (χ1) is 21.8. The summed E-state index contributed by atoms with van der Waals surface area (Å²) in [6.45, 7) is 5.17. The molecule has 2 aromatic carbocycles. The molecule has 0 bridgehead atoms. The number of aldehydes is 1. The van der Waals surface area contributed by atoms with Gasteiger partial charge in [0.05, 0.1) is 23.6 Å². The number of likely N-dealkylation sites (tertiary alicyclic amines) is 1. The van der Waals surface area contributed by atoms with Crippen LogP contribution in [0.1, 0.15) is 45.0 Å².